The molecule has 0 aromatic rings. The van der Waals surface area contributed by atoms with E-state index in [1.165, 1.54) is 51.4 Å². The average molecular weight is 463 g/mol. The molecule has 178 valence electrons. The summed E-state index contributed by atoms with van der Waals surface area (Å²) in [5.74, 6) is 3.50. The zero-order chi connectivity index (χ0) is 22.8. The Morgan fingerprint density at radius 2 is 1.58 bits per heavy atom. The second-order valence-corrected chi connectivity index (χ2v) is 22.9. The average Bonchev–Trinajstić information content (AvgIpc) is 2.97. The lowest BCUT2D eigenvalue weighted by Gasteiger charge is -2.59. The predicted molar refractivity (Wildman–Crippen MR) is 137 cm³/mol. The number of allylic oxidation sites excluding steroid dienone is 1. The monoisotopic (exact) mass is 462 g/mol. The van der Waals surface area contributed by atoms with Gasteiger partial charge in [0.15, 0.2) is 16.6 Å². The van der Waals surface area contributed by atoms with Gasteiger partial charge in [-0.15, -0.1) is 0 Å². The minimum Gasteiger partial charge on any atom is -0.415 e. The van der Waals surface area contributed by atoms with E-state index in [4.69, 9.17) is 8.85 Å². The topological polar surface area (TPSA) is 18.5 Å². The summed E-state index contributed by atoms with van der Waals surface area (Å²) in [6.45, 7) is 21.7. The summed E-state index contributed by atoms with van der Waals surface area (Å²) in [4.78, 5) is 0. The highest BCUT2D eigenvalue weighted by atomic mass is 28.4. The van der Waals surface area contributed by atoms with E-state index in [0.29, 0.717) is 23.0 Å². The maximum atomic E-state index is 6.65. The van der Waals surface area contributed by atoms with E-state index < -0.39 is 16.6 Å². The van der Waals surface area contributed by atoms with Crippen LogP contribution in [0.15, 0.2) is 11.6 Å². The van der Waals surface area contributed by atoms with Crippen LogP contribution in [0.4, 0.5) is 0 Å². The standard InChI is InChI=1S/C27H50O2Si2/c1-19(28-30(4,5)6)23-12-13-24-22-11-10-20-18-21(29-31(7,8)9)14-16-26(20,2)25(22)15-17-27(23,24)3/h18-19,21-25H,10-17H2,1-9H3/t19?,21-,22?,23?,24?,25?,26?,27?/m1/s1. The molecule has 4 heteroatoms. The SMILES string of the molecule is CC(O[Si](C)(C)C)C1CCC2C3CCC4=C[C@H](O[Si](C)(C)C)CCC4(C)C3CCC12C. The highest BCUT2D eigenvalue weighted by Gasteiger charge is 2.59. The molecule has 0 spiro atoms. The van der Waals surface area contributed by atoms with Crippen molar-refractivity contribution in [1.82, 2.24) is 0 Å². The molecule has 0 aromatic heterocycles. The van der Waals surface area contributed by atoms with E-state index in [0.717, 1.165) is 23.7 Å². The van der Waals surface area contributed by atoms with Crippen molar-refractivity contribution in [2.45, 2.75) is 124 Å². The van der Waals surface area contributed by atoms with Crippen LogP contribution in [0.3, 0.4) is 0 Å². The third-order valence-electron chi connectivity index (χ3n) is 9.76. The van der Waals surface area contributed by atoms with Crippen LogP contribution in [-0.4, -0.2) is 28.8 Å². The zero-order valence-electron chi connectivity index (χ0n) is 22.0. The molecule has 31 heavy (non-hydrogen) atoms. The first-order valence-corrected chi connectivity index (χ1v) is 20.1. The van der Waals surface area contributed by atoms with Crippen molar-refractivity contribution < 1.29 is 8.85 Å². The van der Waals surface area contributed by atoms with Crippen molar-refractivity contribution in [3.05, 3.63) is 11.6 Å². The minimum atomic E-state index is -1.49. The van der Waals surface area contributed by atoms with Crippen LogP contribution in [0.25, 0.3) is 0 Å². The molecule has 0 aliphatic heterocycles. The fourth-order valence-corrected chi connectivity index (χ4v) is 11.1. The fraction of sp³-hybridized carbons (Fsp3) is 0.926. The Bertz CT molecular complexity index is 705. The van der Waals surface area contributed by atoms with Crippen LogP contribution in [0, 0.1) is 34.5 Å². The quantitative estimate of drug-likeness (QED) is 0.304. The van der Waals surface area contributed by atoms with Gasteiger partial charge < -0.3 is 8.85 Å². The molecule has 4 aliphatic carbocycles. The van der Waals surface area contributed by atoms with Crippen LogP contribution in [0.1, 0.15) is 72.1 Å². The van der Waals surface area contributed by atoms with Gasteiger partial charge in [0.05, 0.1) is 6.10 Å². The lowest BCUT2D eigenvalue weighted by atomic mass is 9.46. The third kappa shape index (κ3) is 4.57. The molecule has 0 amide bonds. The summed E-state index contributed by atoms with van der Waals surface area (Å²) in [6, 6.07) is 0. The van der Waals surface area contributed by atoms with Crippen molar-refractivity contribution in [2.75, 3.05) is 0 Å². The molecule has 0 N–H and O–H groups in total. The van der Waals surface area contributed by atoms with Crippen LogP contribution in [0.5, 0.6) is 0 Å². The lowest BCUT2D eigenvalue weighted by Crippen LogP contribution is -2.52. The molecular weight excluding hydrogens is 412 g/mol. The van der Waals surface area contributed by atoms with Gasteiger partial charge in [-0.3, -0.25) is 0 Å². The molecule has 0 heterocycles. The van der Waals surface area contributed by atoms with E-state index in [9.17, 15) is 0 Å². The first kappa shape index (κ1) is 24.2. The lowest BCUT2D eigenvalue weighted by molar-refractivity contribution is -0.0699. The summed E-state index contributed by atoms with van der Waals surface area (Å²) in [6.07, 6.45) is 14.4. The van der Waals surface area contributed by atoms with Crippen molar-refractivity contribution >= 4 is 16.6 Å². The Labute approximate surface area is 195 Å². The van der Waals surface area contributed by atoms with Crippen LogP contribution in [0.2, 0.25) is 39.3 Å². The van der Waals surface area contributed by atoms with Crippen LogP contribution >= 0.6 is 0 Å². The number of hydrogen-bond acceptors (Lipinski definition) is 2. The van der Waals surface area contributed by atoms with Crippen LogP contribution < -0.4 is 0 Å². The van der Waals surface area contributed by atoms with E-state index in [1.54, 1.807) is 5.57 Å². The van der Waals surface area contributed by atoms with Gasteiger partial charge >= 0.3 is 0 Å². The Balaban J connectivity index is 1.52. The molecule has 3 fully saturated rings. The zero-order valence-corrected chi connectivity index (χ0v) is 24.0. The Hall–Kier alpha value is 0.0938. The molecule has 0 bridgehead atoms. The predicted octanol–water partition coefficient (Wildman–Crippen LogP) is 8.03. The van der Waals surface area contributed by atoms with E-state index in [1.807, 2.05) is 0 Å². The highest BCUT2D eigenvalue weighted by Crippen LogP contribution is 2.67. The van der Waals surface area contributed by atoms with Gasteiger partial charge in [0.2, 0.25) is 0 Å². The highest BCUT2D eigenvalue weighted by molar-refractivity contribution is 6.70. The summed E-state index contributed by atoms with van der Waals surface area (Å²) in [5.41, 5.74) is 2.69. The fourth-order valence-electron chi connectivity index (χ4n) is 8.70. The van der Waals surface area contributed by atoms with Gasteiger partial charge in [0.25, 0.3) is 0 Å². The molecule has 3 saturated carbocycles. The number of fused-ring (bicyclic) bond motifs is 5. The summed E-state index contributed by atoms with van der Waals surface area (Å²) in [5, 5.41) is 0. The molecule has 8 atom stereocenters. The van der Waals surface area contributed by atoms with Gasteiger partial charge in [-0.2, -0.15) is 0 Å². The van der Waals surface area contributed by atoms with Crippen molar-refractivity contribution in [3.63, 3.8) is 0 Å². The third-order valence-corrected chi connectivity index (χ3v) is 11.8. The second-order valence-electron chi connectivity index (χ2n) is 14.0. The molecule has 0 saturated heterocycles. The Morgan fingerprint density at radius 3 is 2.23 bits per heavy atom. The number of rotatable bonds is 5. The van der Waals surface area contributed by atoms with E-state index in [2.05, 4.69) is 66.1 Å². The van der Waals surface area contributed by atoms with Gasteiger partial charge in [0.1, 0.15) is 0 Å². The molecular formula is C27H50O2Si2. The molecule has 0 radical (unpaired) electrons. The summed E-state index contributed by atoms with van der Waals surface area (Å²) >= 11 is 0. The van der Waals surface area contributed by atoms with Crippen LogP contribution in [-0.2, 0) is 8.85 Å². The molecule has 4 aliphatic rings. The molecule has 2 nitrogen and oxygen atoms in total. The first-order valence-electron chi connectivity index (χ1n) is 13.3. The number of hydrogen-bond donors (Lipinski definition) is 0. The maximum Gasteiger partial charge on any atom is 0.184 e. The van der Waals surface area contributed by atoms with Crippen molar-refractivity contribution in [2.24, 2.45) is 34.5 Å². The summed E-state index contributed by atoms with van der Waals surface area (Å²) in [7, 11) is -2.96. The van der Waals surface area contributed by atoms with E-state index >= 15 is 0 Å². The van der Waals surface area contributed by atoms with Gasteiger partial charge in [0, 0.05) is 6.10 Å². The minimum absolute atomic E-state index is 0.385. The normalized spacial score (nSPS) is 44.2. The van der Waals surface area contributed by atoms with Gasteiger partial charge in [-0.25, -0.2) is 0 Å². The van der Waals surface area contributed by atoms with Crippen molar-refractivity contribution in [3.8, 4) is 0 Å². The molecule has 0 aromatic carbocycles. The Kier molecular flexibility index (Phi) is 6.33. The second kappa shape index (κ2) is 8.10. The van der Waals surface area contributed by atoms with Gasteiger partial charge in [-0.1, -0.05) is 25.5 Å². The summed E-state index contributed by atoms with van der Waals surface area (Å²) < 4.78 is 13.2. The molecule has 7 unspecified atom stereocenters. The van der Waals surface area contributed by atoms with E-state index in [-0.39, 0.29) is 0 Å². The largest absolute Gasteiger partial charge is 0.415 e. The van der Waals surface area contributed by atoms with Gasteiger partial charge in [-0.05, 0) is 132 Å². The Morgan fingerprint density at radius 1 is 0.871 bits per heavy atom. The smallest absolute Gasteiger partial charge is 0.184 e. The van der Waals surface area contributed by atoms with Crippen molar-refractivity contribution in [1.29, 1.82) is 0 Å². The molecule has 4 rings (SSSR count). The first-order chi connectivity index (χ1) is 14.2. The maximum absolute atomic E-state index is 6.65.